The quantitative estimate of drug-likeness (QED) is 0.642. The second-order valence-corrected chi connectivity index (χ2v) is 6.89. The molecular weight excluding hydrogens is 383 g/mol. The Morgan fingerprint density at radius 1 is 1.24 bits per heavy atom. The predicted octanol–water partition coefficient (Wildman–Crippen LogP) is 1.97. The number of ether oxygens (including phenoxy) is 3. The summed E-state index contributed by atoms with van der Waals surface area (Å²) in [6.07, 6.45) is 0.706. The van der Waals surface area contributed by atoms with E-state index < -0.39 is 23.9 Å². The Hall–Kier alpha value is -2.84. The summed E-state index contributed by atoms with van der Waals surface area (Å²) in [5.74, 6) is -0.904. The van der Waals surface area contributed by atoms with Crippen LogP contribution in [-0.2, 0) is 19.1 Å². The number of halogens is 1. The van der Waals surface area contributed by atoms with Crippen molar-refractivity contribution in [3.63, 3.8) is 0 Å². The van der Waals surface area contributed by atoms with E-state index in [1.807, 2.05) is 0 Å². The number of rotatable bonds is 7. The van der Waals surface area contributed by atoms with Gasteiger partial charge in [-0.2, -0.15) is 0 Å². The minimum Gasteiger partial charge on any atom is -0.490 e. The summed E-state index contributed by atoms with van der Waals surface area (Å²) >= 11 is 0. The zero-order valence-electron chi connectivity index (χ0n) is 16.3. The van der Waals surface area contributed by atoms with E-state index >= 15 is 0 Å². The molecule has 2 aliphatic rings. The van der Waals surface area contributed by atoms with Gasteiger partial charge in [0.15, 0.2) is 17.6 Å². The third-order valence-electron chi connectivity index (χ3n) is 5.09. The van der Waals surface area contributed by atoms with Crippen LogP contribution >= 0.6 is 0 Å². The second kappa shape index (κ2) is 9.58. The first-order valence-corrected chi connectivity index (χ1v) is 9.78. The van der Waals surface area contributed by atoms with Crippen molar-refractivity contribution in [1.82, 2.24) is 9.80 Å². The van der Waals surface area contributed by atoms with Crippen LogP contribution in [0.3, 0.4) is 0 Å². The summed E-state index contributed by atoms with van der Waals surface area (Å²) < 4.78 is 28.9. The molecule has 0 aromatic heterocycles. The summed E-state index contributed by atoms with van der Waals surface area (Å²) in [5.41, 5.74) is 0. The number of carbonyl (C=O) groups is 3. The van der Waals surface area contributed by atoms with Crippen LogP contribution in [0.4, 0.5) is 9.18 Å². The van der Waals surface area contributed by atoms with E-state index in [0.29, 0.717) is 25.9 Å². The number of likely N-dealkylation sites (tertiary alicyclic amines) is 1. The third kappa shape index (κ3) is 4.96. The van der Waals surface area contributed by atoms with Crippen LogP contribution in [0.5, 0.6) is 5.75 Å². The molecule has 1 aromatic carbocycles. The molecule has 0 N–H and O–H groups in total. The number of piperidine rings is 1. The molecule has 0 aliphatic carbocycles. The summed E-state index contributed by atoms with van der Waals surface area (Å²) in [6.45, 7) is 2.94. The number of benzene rings is 1. The molecule has 0 bridgehead atoms. The molecule has 2 saturated heterocycles. The Labute approximate surface area is 168 Å². The predicted molar refractivity (Wildman–Crippen MR) is 99.7 cm³/mol. The van der Waals surface area contributed by atoms with Crippen molar-refractivity contribution in [2.45, 2.75) is 38.3 Å². The maximum atomic E-state index is 13.5. The highest BCUT2D eigenvalue weighted by atomic mass is 19.1. The van der Waals surface area contributed by atoms with Crippen LogP contribution in [-0.4, -0.2) is 72.8 Å². The highest BCUT2D eigenvalue weighted by molar-refractivity contribution is 5.84. The van der Waals surface area contributed by atoms with Crippen LogP contribution in [0.15, 0.2) is 24.3 Å². The van der Waals surface area contributed by atoms with Gasteiger partial charge in [0.05, 0.1) is 19.6 Å². The number of amides is 2. The number of esters is 1. The van der Waals surface area contributed by atoms with E-state index in [1.165, 1.54) is 17.0 Å². The lowest BCUT2D eigenvalue weighted by atomic mass is 10.0. The lowest BCUT2D eigenvalue weighted by Crippen LogP contribution is -2.52. The van der Waals surface area contributed by atoms with Gasteiger partial charge in [0, 0.05) is 19.1 Å². The lowest BCUT2D eigenvalue weighted by Gasteiger charge is -2.37. The molecule has 2 amide bonds. The minimum atomic E-state index is -0.733. The summed E-state index contributed by atoms with van der Waals surface area (Å²) in [4.78, 5) is 39.7. The zero-order valence-corrected chi connectivity index (χ0v) is 16.3. The van der Waals surface area contributed by atoms with E-state index in [9.17, 15) is 18.8 Å². The number of hydrogen-bond acceptors (Lipinski definition) is 6. The van der Waals surface area contributed by atoms with Crippen molar-refractivity contribution in [3.8, 4) is 5.75 Å². The Kier molecular flexibility index (Phi) is 6.90. The average Bonchev–Trinajstić information content (AvgIpc) is 3.11. The molecule has 29 heavy (non-hydrogen) atoms. The molecule has 8 nitrogen and oxygen atoms in total. The minimum absolute atomic E-state index is 0.00973. The molecule has 2 heterocycles. The summed E-state index contributed by atoms with van der Waals surface area (Å²) in [7, 11) is 0. The maximum absolute atomic E-state index is 13.5. The molecular formula is C20H25FN2O6. The Morgan fingerprint density at radius 3 is 2.66 bits per heavy atom. The van der Waals surface area contributed by atoms with Crippen molar-refractivity contribution >= 4 is 18.0 Å². The fraction of sp³-hybridized carbons (Fsp3) is 0.550. The number of cyclic esters (lactones) is 1. The molecule has 3 rings (SSSR count). The number of para-hydroxylation sites is 1. The maximum Gasteiger partial charge on any atom is 0.410 e. The van der Waals surface area contributed by atoms with Gasteiger partial charge in [-0.25, -0.2) is 14.0 Å². The van der Waals surface area contributed by atoms with Gasteiger partial charge in [-0.1, -0.05) is 12.1 Å². The van der Waals surface area contributed by atoms with Crippen molar-refractivity contribution < 1.29 is 33.0 Å². The average molecular weight is 408 g/mol. The van der Waals surface area contributed by atoms with Crippen LogP contribution in [0.25, 0.3) is 0 Å². The molecule has 1 aromatic rings. The van der Waals surface area contributed by atoms with E-state index in [0.717, 1.165) is 0 Å². The molecule has 0 saturated carbocycles. The lowest BCUT2D eigenvalue weighted by molar-refractivity contribution is -0.149. The molecule has 9 heteroatoms. The smallest absolute Gasteiger partial charge is 0.410 e. The second-order valence-electron chi connectivity index (χ2n) is 6.89. The van der Waals surface area contributed by atoms with Gasteiger partial charge in [-0.05, 0) is 31.9 Å². The SMILES string of the molecule is CCOC(=O)[C@@H]1COC(=O)N1C1CCN(C(=O)CCOc2ccccc2F)CC1. The normalized spacial score (nSPS) is 19.8. The van der Waals surface area contributed by atoms with Crippen molar-refractivity contribution in [1.29, 1.82) is 0 Å². The molecule has 0 radical (unpaired) electrons. The first-order valence-electron chi connectivity index (χ1n) is 9.78. The highest BCUT2D eigenvalue weighted by Gasteiger charge is 2.44. The number of nitrogens with zero attached hydrogens (tertiary/aromatic N) is 2. The van der Waals surface area contributed by atoms with E-state index in [1.54, 1.807) is 24.0 Å². The highest BCUT2D eigenvalue weighted by Crippen LogP contribution is 2.25. The van der Waals surface area contributed by atoms with Crippen LogP contribution in [0.2, 0.25) is 0 Å². The van der Waals surface area contributed by atoms with Crippen molar-refractivity contribution in [2.75, 3.05) is 32.9 Å². The van der Waals surface area contributed by atoms with E-state index in [-0.39, 0.29) is 43.9 Å². The van der Waals surface area contributed by atoms with E-state index in [4.69, 9.17) is 14.2 Å². The van der Waals surface area contributed by atoms with Gasteiger partial charge >= 0.3 is 12.1 Å². The molecule has 2 aliphatic heterocycles. The van der Waals surface area contributed by atoms with Gasteiger partial charge in [-0.3, -0.25) is 9.69 Å². The monoisotopic (exact) mass is 408 g/mol. The molecule has 0 spiro atoms. The molecule has 1 atom stereocenters. The van der Waals surface area contributed by atoms with Crippen molar-refractivity contribution in [2.24, 2.45) is 0 Å². The fourth-order valence-electron chi connectivity index (χ4n) is 3.62. The Morgan fingerprint density at radius 2 is 1.97 bits per heavy atom. The molecule has 0 unspecified atom stereocenters. The van der Waals surface area contributed by atoms with E-state index in [2.05, 4.69) is 0 Å². The summed E-state index contributed by atoms with van der Waals surface area (Å²) in [5, 5.41) is 0. The van der Waals surface area contributed by atoms with Gasteiger partial charge in [0.25, 0.3) is 0 Å². The number of hydrogen-bond donors (Lipinski definition) is 0. The topological polar surface area (TPSA) is 85.4 Å². The zero-order chi connectivity index (χ0) is 20.8. The van der Waals surface area contributed by atoms with Gasteiger partial charge in [0.2, 0.25) is 5.91 Å². The van der Waals surface area contributed by atoms with Gasteiger partial charge < -0.3 is 19.1 Å². The van der Waals surface area contributed by atoms with Crippen molar-refractivity contribution in [3.05, 3.63) is 30.1 Å². The molecule has 2 fully saturated rings. The Balaban J connectivity index is 1.47. The molecule has 158 valence electrons. The third-order valence-corrected chi connectivity index (χ3v) is 5.09. The first kappa shape index (κ1) is 20.9. The van der Waals surface area contributed by atoms with Gasteiger partial charge in [-0.15, -0.1) is 0 Å². The van der Waals surface area contributed by atoms with Gasteiger partial charge in [0.1, 0.15) is 6.61 Å². The van der Waals surface area contributed by atoms with Crippen LogP contribution in [0.1, 0.15) is 26.2 Å². The largest absolute Gasteiger partial charge is 0.490 e. The summed E-state index contributed by atoms with van der Waals surface area (Å²) in [6, 6.07) is 5.13. The Bertz CT molecular complexity index is 750. The van der Waals surface area contributed by atoms with Crippen LogP contribution in [0, 0.1) is 5.82 Å². The first-order chi connectivity index (χ1) is 14.0. The number of carbonyl (C=O) groups excluding carboxylic acids is 3. The standard InChI is InChI=1S/C20H25FN2O6/c1-2-27-19(25)16-13-29-20(26)23(16)14-7-10-22(11-8-14)18(24)9-12-28-17-6-4-3-5-15(17)21/h3-6,14,16H,2,7-13H2,1H3/t16-/m0/s1. The van der Waals surface area contributed by atoms with Crippen LogP contribution < -0.4 is 4.74 Å². The fourth-order valence-corrected chi connectivity index (χ4v) is 3.62.